The Morgan fingerprint density at radius 3 is 1.60 bits per heavy atom. The van der Waals surface area contributed by atoms with Crippen molar-refractivity contribution in [2.45, 2.75) is 5.51 Å². The van der Waals surface area contributed by atoms with E-state index in [9.17, 15) is 21.6 Å². The fourth-order valence-corrected chi connectivity index (χ4v) is 3.17. The van der Waals surface area contributed by atoms with Gasteiger partial charge in [0.1, 0.15) is 0 Å². The van der Waals surface area contributed by atoms with Gasteiger partial charge in [-0.25, -0.2) is 0 Å². The normalized spacial score (nSPS) is 11.4. The topological polar surface area (TPSA) is 43.4 Å². The number of alkyl halides is 3. The van der Waals surface area contributed by atoms with E-state index in [1.807, 2.05) is 12.1 Å². The number of fused-ring (bicyclic) bond motifs is 1. The van der Waals surface area contributed by atoms with Crippen LogP contribution >= 0.6 is 0 Å². The molecule has 0 N–H and O–H groups in total. The van der Waals surface area contributed by atoms with E-state index in [2.05, 4.69) is 52.7 Å². The predicted molar refractivity (Wildman–Crippen MR) is 111 cm³/mol. The van der Waals surface area contributed by atoms with Crippen LogP contribution in [0.1, 0.15) is 0 Å². The number of hydrogen-bond donors (Lipinski definition) is 0. The second-order valence-corrected chi connectivity index (χ2v) is 7.73. The largest absolute Gasteiger partial charge is 0.534 e. The maximum absolute atomic E-state index is 12.2. The lowest BCUT2D eigenvalue weighted by atomic mass is 10.1. The van der Waals surface area contributed by atoms with Gasteiger partial charge in [-0.2, -0.15) is 21.6 Å². The van der Waals surface area contributed by atoms with Crippen LogP contribution in [0.2, 0.25) is 0 Å². The molecule has 0 unspecified atom stereocenters. The van der Waals surface area contributed by atoms with Gasteiger partial charge < -0.3 is 4.18 Å². The molecule has 154 valence electrons. The van der Waals surface area contributed by atoms with Crippen molar-refractivity contribution in [3.05, 3.63) is 103 Å². The minimum absolute atomic E-state index is 0.299. The van der Waals surface area contributed by atoms with Crippen LogP contribution in [-0.4, -0.2) is 13.9 Å². The smallest absolute Gasteiger partial charge is 0.375 e. The fraction of sp³-hybridized carbons (Fsp3) is 0.0435. The first-order chi connectivity index (χ1) is 14.3. The van der Waals surface area contributed by atoms with Crippen LogP contribution < -0.4 is 4.18 Å². The minimum Gasteiger partial charge on any atom is -0.375 e. The van der Waals surface area contributed by atoms with E-state index in [-0.39, 0.29) is 5.75 Å². The van der Waals surface area contributed by atoms with Crippen LogP contribution in [0.5, 0.6) is 5.75 Å². The lowest BCUT2D eigenvalue weighted by Gasteiger charge is -2.11. The molecule has 0 spiro atoms. The van der Waals surface area contributed by atoms with Crippen molar-refractivity contribution in [3.8, 4) is 16.9 Å². The van der Waals surface area contributed by atoms with Gasteiger partial charge in [0, 0.05) is 5.39 Å². The third-order valence-corrected chi connectivity index (χ3v) is 5.08. The lowest BCUT2D eigenvalue weighted by molar-refractivity contribution is -0.0499. The quantitative estimate of drug-likeness (QED) is 0.278. The Hall–Kier alpha value is -3.32. The molecule has 7 heteroatoms. The van der Waals surface area contributed by atoms with Crippen molar-refractivity contribution in [1.82, 2.24) is 0 Å². The molecule has 0 atom stereocenters. The van der Waals surface area contributed by atoms with Crippen molar-refractivity contribution in [2.24, 2.45) is 0 Å². The van der Waals surface area contributed by atoms with Crippen LogP contribution in [0.3, 0.4) is 0 Å². The summed E-state index contributed by atoms with van der Waals surface area (Å²) in [6.07, 6.45) is 0. The van der Waals surface area contributed by atoms with Gasteiger partial charge in [-0.15, -0.1) is 0 Å². The fourth-order valence-electron chi connectivity index (χ4n) is 2.70. The summed E-state index contributed by atoms with van der Waals surface area (Å²) in [6.45, 7) is 0. The molecule has 0 heterocycles. The molecule has 0 aromatic heterocycles. The highest BCUT2D eigenvalue weighted by Crippen LogP contribution is 2.31. The first-order valence-corrected chi connectivity index (χ1v) is 10.3. The van der Waals surface area contributed by atoms with Gasteiger partial charge in [-0.3, -0.25) is 0 Å². The van der Waals surface area contributed by atoms with Crippen LogP contribution in [0.25, 0.3) is 21.9 Å². The van der Waals surface area contributed by atoms with Gasteiger partial charge in [-0.1, -0.05) is 97.1 Å². The average Bonchev–Trinajstić information content (AvgIpc) is 2.75. The van der Waals surface area contributed by atoms with Crippen LogP contribution in [-0.2, 0) is 10.1 Å². The summed E-state index contributed by atoms with van der Waals surface area (Å²) < 4.78 is 62.6. The monoisotopic (exact) mass is 430 g/mol. The Kier molecular flexibility index (Phi) is 6.42. The van der Waals surface area contributed by atoms with Gasteiger partial charge in [0.25, 0.3) is 0 Å². The molecule has 4 aromatic rings. The van der Waals surface area contributed by atoms with Crippen molar-refractivity contribution < 1.29 is 25.8 Å². The summed E-state index contributed by atoms with van der Waals surface area (Å²) in [5.41, 5.74) is -2.89. The number of halogens is 3. The Bertz CT molecular complexity index is 1160. The van der Waals surface area contributed by atoms with E-state index in [0.29, 0.717) is 10.8 Å². The molecule has 0 saturated carbocycles. The van der Waals surface area contributed by atoms with Crippen LogP contribution in [0.4, 0.5) is 13.2 Å². The second-order valence-electron chi connectivity index (χ2n) is 6.19. The number of benzene rings is 4. The highest BCUT2D eigenvalue weighted by Gasteiger charge is 2.48. The van der Waals surface area contributed by atoms with E-state index < -0.39 is 15.6 Å². The zero-order chi connectivity index (χ0) is 21.6. The molecule has 0 aliphatic heterocycles. The van der Waals surface area contributed by atoms with E-state index >= 15 is 0 Å². The van der Waals surface area contributed by atoms with Gasteiger partial charge in [-0.05, 0) is 22.6 Å². The second kappa shape index (κ2) is 9.00. The van der Waals surface area contributed by atoms with Crippen molar-refractivity contribution in [2.75, 3.05) is 0 Å². The molecule has 0 radical (unpaired) electrons. The molecule has 0 saturated heterocycles. The number of hydrogen-bond acceptors (Lipinski definition) is 3. The van der Waals surface area contributed by atoms with Gasteiger partial charge in [0.05, 0.1) is 0 Å². The molecule has 4 rings (SSSR count). The molecular weight excluding hydrogens is 413 g/mol. The molecule has 0 amide bonds. The molecule has 3 nitrogen and oxygen atoms in total. The van der Waals surface area contributed by atoms with E-state index in [1.54, 1.807) is 24.3 Å². The van der Waals surface area contributed by atoms with Crippen molar-refractivity contribution in [3.63, 3.8) is 0 Å². The Labute approximate surface area is 172 Å². The average molecular weight is 430 g/mol. The van der Waals surface area contributed by atoms with Gasteiger partial charge >= 0.3 is 15.6 Å². The van der Waals surface area contributed by atoms with Crippen LogP contribution in [0, 0.1) is 0 Å². The van der Waals surface area contributed by atoms with E-state index in [4.69, 9.17) is 0 Å². The minimum atomic E-state index is -5.64. The number of rotatable bonds is 3. The summed E-state index contributed by atoms with van der Waals surface area (Å²) in [4.78, 5) is 0. The summed E-state index contributed by atoms with van der Waals surface area (Å²) in [6, 6.07) is 31.4. The van der Waals surface area contributed by atoms with Gasteiger partial charge in [0.15, 0.2) is 5.75 Å². The Morgan fingerprint density at radius 2 is 1.07 bits per heavy atom. The third kappa shape index (κ3) is 5.18. The maximum Gasteiger partial charge on any atom is 0.534 e. The summed E-state index contributed by atoms with van der Waals surface area (Å²) in [7, 11) is -5.64. The standard InChI is InChI=1S/C12H10.C11H7F3O3S/c1-3-7-11(8-4-1)12-9-5-2-6-10-12;12-11(13,14)18(15,16)17-10-7-3-5-8-4-1-2-6-9(8)10/h1-10H;1-7H. The molecule has 4 aromatic carbocycles. The van der Waals surface area contributed by atoms with Crippen molar-refractivity contribution >= 4 is 20.9 Å². The predicted octanol–water partition coefficient (Wildman–Crippen LogP) is 6.42. The van der Waals surface area contributed by atoms with Crippen molar-refractivity contribution in [1.29, 1.82) is 0 Å². The molecule has 0 aliphatic rings. The SMILES string of the molecule is O=S(=O)(Oc1cccc2ccccc12)C(F)(F)F.c1ccc(-c2ccccc2)cc1. The molecule has 30 heavy (non-hydrogen) atoms. The van der Waals surface area contributed by atoms with Crippen LogP contribution in [0.15, 0.2) is 103 Å². The molecular formula is C23H17F3O3S. The van der Waals surface area contributed by atoms with Gasteiger partial charge in [0.2, 0.25) is 0 Å². The zero-order valence-corrected chi connectivity index (χ0v) is 16.4. The molecule has 0 bridgehead atoms. The molecule has 0 fully saturated rings. The highest BCUT2D eigenvalue weighted by molar-refractivity contribution is 7.88. The Morgan fingerprint density at radius 1 is 0.600 bits per heavy atom. The summed E-state index contributed by atoms with van der Waals surface area (Å²) in [5.74, 6) is -0.342. The maximum atomic E-state index is 12.2. The summed E-state index contributed by atoms with van der Waals surface area (Å²) >= 11 is 0. The zero-order valence-electron chi connectivity index (χ0n) is 15.6. The highest BCUT2D eigenvalue weighted by atomic mass is 32.2. The summed E-state index contributed by atoms with van der Waals surface area (Å²) in [5, 5.41) is 0.889. The van der Waals surface area contributed by atoms with E-state index in [1.165, 1.54) is 29.3 Å². The Balaban J connectivity index is 0.000000184. The van der Waals surface area contributed by atoms with E-state index in [0.717, 1.165) is 0 Å². The third-order valence-electron chi connectivity index (χ3n) is 4.11. The first-order valence-electron chi connectivity index (χ1n) is 8.87. The first kappa shape index (κ1) is 21.4. The molecule has 0 aliphatic carbocycles. The lowest BCUT2D eigenvalue weighted by Crippen LogP contribution is -2.28.